The highest BCUT2D eigenvalue weighted by Gasteiger charge is 2.08. The van der Waals surface area contributed by atoms with E-state index in [1.54, 1.807) is 6.20 Å². The van der Waals surface area contributed by atoms with E-state index in [1.165, 1.54) is 19.3 Å². The average Bonchev–Trinajstić information content (AvgIpc) is 2.28. The molecule has 90 valence electrons. The molecule has 1 rings (SSSR count). The van der Waals surface area contributed by atoms with E-state index in [1.807, 2.05) is 6.92 Å². The van der Waals surface area contributed by atoms with Crippen molar-refractivity contribution in [2.75, 3.05) is 5.32 Å². The van der Waals surface area contributed by atoms with Gasteiger partial charge in [0.05, 0.1) is 5.69 Å². The molecule has 0 spiro atoms. The van der Waals surface area contributed by atoms with Gasteiger partial charge in [-0.2, -0.15) is 0 Å². The van der Waals surface area contributed by atoms with Gasteiger partial charge in [-0.25, -0.2) is 4.98 Å². The fourth-order valence-corrected chi connectivity index (χ4v) is 1.86. The molecule has 0 aliphatic carbocycles. The predicted molar refractivity (Wildman–Crippen MR) is 71.2 cm³/mol. The minimum absolute atomic E-state index is 0.501. The highest BCUT2D eigenvalue weighted by Crippen LogP contribution is 2.22. The molecule has 1 atom stereocenters. The lowest BCUT2D eigenvalue weighted by Crippen LogP contribution is -2.18. The van der Waals surface area contributed by atoms with E-state index in [0.717, 1.165) is 17.7 Å². The van der Waals surface area contributed by atoms with Crippen LogP contribution < -0.4 is 5.32 Å². The quantitative estimate of drug-likeness (QED) is 0.745. The topological polar surface area (TPSA) is 24.9 Å². The second-order valence-electron chi connectivity index (χ2n) is 4.24. The Balaban J connectivity index is 2.65. The second-order valence-corrected chi connectivity index (χ2v) is 4.60. The zero-order valence-corrected chi connectivity index (χ0v) is 11.1. The number of anilines is 1. The predicted octanol–water partition coefficient (Wildman–Crippen LogP) is 4.42. The number of hydrogen-bond acceptors (Lipinski definition) is 2. The maximum absolute atomic E-state index is 6.06. The summed E-state index contributed by atoms with van der Waals surface area (Å²) in [6.45, 7) is 6.44. The van der Waals surface area contributed by atoms with Gasteiger partial charge in [0, 0.05) is 12.2 Å². The summed E-state index contributed by atoms with van der Waals surface area (Å²) in [5.74, 6) is 0. The van der Waals surface area contributed by atoms with E-state index in [9.17, 15) is 0 Å². The van der Waals surface area contributed by atoms with Gasteiger partial charge in [0.1, 0.15) is 0 Å². The van der Waals surface area contributed by atoms with Gasteiger partial charge < -0.3 is 5.32 Å². The monoisotopic (exact) mass is 240 g/mol. The lowest BCUT2D eigenvalue weighted by molar-refractivity contribution is 0.593. The highest BCUT2D eigenvalue weighted by atomic mass is 35.5. The van der Waals surface area contributed by atoms with Crippen LogP contribution in [-0.2, 0) is 0 Å². The number of aryl methyl sites for hydroxylation is 1. The van der Waals surface area contributed by atoms with E-state index in [-0.39, 0.29) is 0 Å². The van der Waals surface area contributed by atoms with E-state index in [2.05, 4.69) is 30.2 Å². The van der Waals surface area contributed by atoms with Crippen LogP contribution in [0.3, 0.4) is 0 Å². The molecule has 1 N–H and O–H groups in total. The minimum Gasteiger partial charge on any atom is -0.380 e. The third-order valence-electron chi connectivity index (χ3n) is 2.73. The molecule has 0 radical (unpaired) electrons. The van der Waals surface area contributed by atoms with E-state index < -0.39 is 0 Å². The van der Waals surface area contributed by atoms with Crippen LogP contribution in [0.25, 0.3) is 0 Å². The molecule has 1 heterocycles. The number of hydrogen-bond donors (Lipinski definition) is 1. The average molecular weight is 241 g/mol. The molecule has 0 bridgehead atoms. The number of unbranched alkanes of at least 4 members (excludes halogenated alkanes) is 1. The first-order valence-electron chi connectivity index (χ1n) is 6.06. The third kappa shape index (κ3) is 4.01. The van der Waals surface area contributed by atoms with Gasteiger partial charge in [0.15, 0.2) is 5.15 Å². The first-order valence-corrected chi connectivity index (χ1v) is 6.43. The molecule has 0 amide bonds. The molecule has 16 heavy (non-hydrogen) atoms. The van der Waals surface area contributed by atoms with Crippen LogP contribution in [0.4, 0.5) is 5.69 Å². The Morgan fingerprint density at radius 1 is 1.44 bits per heavy atom. The van der Waals surface area contributed by atoms with Gasteiger partial charge in [-0.1, -0.05) is 38.3 Å². The summed E-state index contributed by atoms with van der Waals surface area (Å²) in [5.41, 5.74) is 2.10. The largest absolute Gasteiger partial charge is 0.380 e. The first-order chi connectivity index (χ1) is 7.67. The Morgan fingerprint density at radius 3 is 2.81 bits per heavy atom. The van der Waals surface area contributed by atoms with Crippen molar-refractivity contribution < 1.29 is 0 Å². The van der Waals surface area contributed by atoms with Crippen molar-refractivity contribution in [2.45, 2.75) is 52.5 Å². The SMILES string of the molecule is CCCCC(CC)Nc1cc(C)cnc1Cl. The van der Waals surface area contributed by atoms with Crippen LogP contribution in [0.15, 0.2) is 12.3 Å². The molecule has 1 aromatic heterocycles. The van der Waals surface area contributed by atoms with Crippen molar-refractivity contribution in [1.29, 1.82) is 0 Å². The summed E-state index contributed by atoms with van der Waals surface area (Å²) in [6.07, 6.45) is 6.59. The lowest BCUT2D eigenvalue weighted by Gasteiger charge is -2.18. The molecule has 1 unspecified atom stereocenters. The molecule has 0 saturated heterocycles. The number of rotatable bonds is 6. The van der Waals surface area contributed by atoms with Gasteiger partial charge in [0.25, 0.3) is 0 Å². The van der Waals surface area contributed by atoms with Crippen molar-refractivity contribution in [3.8, 4) is 0 Å². The maximum atomic E-state index is 6.06. The highest BCUT2D eigenvalue weighted by molar-refractivity contribution is 6.31. The van der Waals surface area contributed by atoms with Gasteiger partial charge >= 0.3 is 0 Å². The standard InChI is InChI=1S/C13H21ClN2/c1-4-6-7-11(5-2)16-12-8-10(3)9-15-13(12)14/h8-9,11,16H,4-7H2,1-3H3. The molecule has 1 aromatic rings. The summed E-state index contributed by atoms with van der Waals surface area (Å²) in [6, 6.07) is 2.56. The van der Waals surface area contributed by atoms with E-state index in [4.69, 9.17) is 11.6 Å². The Morgan fingerprint density at radius 2 is 2.19 bits per heavy atom. The summed E-state index contributed by atoms with van der Waals surface area (Å²) in [7, 11) is 0. The lowest BCUT2D eigenvalue weighted by atomic mass is 10.1. The van der Waals surface area contributed by atoms with Gasteiger partial charge in [-0.3, -0.25) is 0 Å². The van der Waals surface area contributed by atoms with E-state index in [0.29, 0.717) is 11.2 Å². The normalized spacial score (nSPS) is 12.5. The Kier molecular flexibility index (Phi) is 5.61. The summed E-state index contributed by atoms with van der Waals surface area (Å²) >= 11 is 6.06. The van der Waals surface area contributed by atoms with Crippen LogP contribution in [0.1, 0.15) is 45.1 Å². The second kappa shape index (κ2) is 6.74. The fourth-order valence-electron chi connectivity index (χ4n) is 1.70. The molecule has 0 aliphatic heterocycles. The van der Waals surface area contributed by atoms with Crippen LogP contribution in [0.5, 0.6) is 0 Å². The minimum atomic E-state index is 0.501. The van der Waals surface area contributed by atoms with Crippen LogP contribution in [-0.4, -0.2) is 11.0 Å². The number of halogens is 1. The summed E-state index contributed by atoms with van der Waals surface area (Å²) in [4.78, 5) is 4.15. The zero-order valence-electron chi connectivity index (χ0n) is 10.4. The fraction of sp³-hybridized carbons (Fsp3) is 0.615. The summed E-state index contributed by atoms with van der Waals surface area (Å²) < 4.78 is 0. The van der Waals surface area contributed by atoms with Crippen LogP contribution >= 0.6 is 11.6 Å². The van der Waals surface area contributed by atoms with Gasteiger partial charge in [0.2, 0.25) is 0 Å². The van der Waals surface area contributed by atoms with Crippen LogP contribution in [0.2, 0.25) is 5.15 Å². The van der Waals surface area contributed by atoms with Crippen molar-refractivity contribution in [1.82, 2.24) is 4.98 Å². The number of nitrogens with zero attached hydrogens (tertiary/aromatic N) is 1. The molecular weight excluding hydrogens is 220 g/mol. The molecule has 0 aliphatic rings. The summed E-state index contributed by atoms with van der Waals surface area (Å²) in [5, 5.41) is 4.05. The van der Waals surface area contributed by atoms with Gasteiger partial charge in [-0.15, -0.1) is 0 Å². The first kappa shape index (κ1) is 13.3. The molecule has 0 saturated carbocycles. The van der Waals surface area contributed by atoms with Crippen molar-refractivity contribution in [3.05, 3.63) is 23.0 Å². The van der Waals surface area contributed by atoms with E-state index >= 15 is 0 Å². The van der Waals surface area contributed by atoms with Crippen molar-refractivity contribution in [3.63, 3.8) is 0 Å². The van der Waals surface area contributed by atoms with Crippen molar-refractivity contribution in [2.24, 2.45) is 0 Å². The zero-order chi connectivity index (χ0) is 12.0. The molecule has 0 aromatic carbocycles. The molecular formula is C13H21ClN2. The number of nitrogens with one attached hydrogen (secondary N) is 1. The van der Waals surface area contributed by atoms with Crippen LogP contribution in [0, 0.1) is 6.92 Å². The molecule has 2 nitrogen and oxygen atoms in total. The Labute approximate surface area is 103 Å². The Hall–Kier alpha value is -0.760. The Bertz CT molecular complexity index is 326. The maximum Gasteiger partial charge on any atom is 0.152 e. The smallest absolute Gasteiger partial charge is 0.152 e. The van der Waals surface area contributed by atoms with Gasteiger partial charge in [-0.05, 0) is 31.4 Å². The third-order valence-corrected chi connectivity index (χ3v) is 3.04. The number of pyridine rings is 1. The molecule has 0 fully saturated rings. The molecule has 3 heteroatoms. The number of aromatic nitrogens is 1. The van der Waals surface area contributed by atoms with Crippen molar-refractivity contribution >= 4 is 17.3 Å².